The highest BCUT2D eigenvalue weighted by Crippen LogP contribution is 2.51. The van der Waals surface area contributed by atoms with Crippen LogP contribution in [-0.2, 0) is 0 Å². The molecule has 6 saturated carbocycles. The summed E-state index contributed by atoms with van der Waals surface area (Å²) >= 11 is 0. The first kappa shape index (κ1) is 28.4. The number of benzene rings is 1. The van der Waals surface area contributed by atoms with Crippen molar-refractivity contribution in [1.29, 1.82) is 0 Å². The van der Waals surface area contributed by atoms with Crippen molar-refractivity contribution in [2.45, 2.75) is 116 Å². The van der Waals surface area contributed by atoms with Crippen LogP contribution in [0.25, 0.3) is 0 Å². The van der Waals surface area contributed by atoms with Crippen molar-refractivity contribution in [3.05, 3.63) is 34.9 Å². The summed E-state index contributed by atoms with van der Waals surface area (Å²) in [7, 11) is 0. The van der Waals surface area contributed by atoms with Crippen LogP contribution in [0.3, 0.4) is 0 Å². The number of hydrogen-bond acceptors (Lipinski definition) is 3. The fraction of sp³-hybridized carbons (Fsp3) is 0.750. The molecule has 3 amide bonds. The molecule has 0 aromatic heterocycles. The zero-order valence-electron chi connectivity index (χ0n) is 25.9. The van der Waals surface area contributed by atoms with E-state index in [1.807, 2.05) is 0 Å². The highest BCUT2D eigenvalue weighted by molar-refractivity contribution is 6.04. The molecule has 6 aliphatic carbocycles. The molecule has 0 radical (unpaired) electrons. The lowest BCUT2D eigenvalue weighted by atomic mass is 9.83. The van der Waals surface area contributed by atoms with Gasteiger partial charge in [0.1, 0.15) is 0 Å². The van der Waals surface area contributed by atoms with Crippen LogP contribution in [0.5, 0.6) is 0 Å². The van der Waals surface area contributed by atoms with Crippen LogP contribution in [-0.4, -0.2) is 35.8 Å². The summed E-state index contributed by atoms with van der Waals surface area (Å²) in [5.74, 6) is 5.59. The van der Waals surface area contributed by atoms with Gasteiger partial charge < -0.3 is 16.0 Å². The monoisotopic (exact) mass is 573 g/mol. The molecule has 0 unspecified atom stereocenters. The van der Waals surface area contributed by atoms with Crippen LogP contribution in [0.1, 0.15) is 129 Å². The van der Waals surface area contributed by atoms with E-state index in [-0.39, 0.29) is 35.8 Å². The van der Waals surface area contributed by atoms with Gasteiger partial charge in [-0.25, -0.2) is 0 Å². The quantitative estimate of drug-likeness (QED) is 0.322. The summed E-state index contributed by atoms with van der Waals surface area (Å²) < 4.78 is 0. The molecule has 0 heterocycles. The molecule has 12 atom stereocenters. The second kappa shape index (κ2) is 11.3. The van der Waals surface area contributed by atoms with E-state index in [4.69, 9.17) is 0 Å². The number of carbonyl (C=O) groups is 3. The third-order valence-corrected chi connectivity index (χ3v) is 13.1. The van der Waals surface area contributed by atoms with E-state index in [0.29, 0.717) is 52.2 Å². The number of nitrogens with one attached hydrogen (secondary N) is 3. The van der Waals surface area contributed by atoms with Gasteiger partial charge in [-0.15, -0.1) is 0 Å². The Morgan fingerprint density at radius 1 is 0.500 bits per heavy atom. The summed E-state index contributed by atoms with van der Waals surface area (Å²) in [5, 5.41) is 9.78. The SMILES string of the molecule is C[C@H](NC(=O)c1cc(C(=O)N[C@H](C)[C@@H]2C[C@H]3CC[C@H]2C3)cc(C(=O)N[C@H](C)[C@@H]2C[C@H]3CC[C@H]2C3)c1)[C@@H]1C[C@H]2CC[C@H]1C2. The molecule has 42 heavy (non-hydrogen) atoms. The second-order valence-corrected chi connectivity index (χ2v) is 15.6. The molecule has 0 spiro atoms. The zero-order valence-corrected chi connectivity index (χ0v) is 25.9. The molecule has 6 heteroatoms. The molecular formula is C36H51N3O3. The summed E-state index contributed by atoms with van der Waals surface area (Å²) in [6, 6.07) is 5.33. The highest BCUT2D eigenvalue weighted by atomic mass is 16.2. The van der Waals surface area contributed by atoms with Crippen LogP contribution >= 0.6 is 0 Å². The molecule has 3 N–H and O–H groups in total. The molecule has 0 saturated heterocycles. The van der Waals surface area contributed by atoms with Gasteiger partial charge in [0.25, 0.3) is 17.7 Å². The summed E-state index contributed by atoms with van der Waals surface area (Å²) in [6.45, 7) is 6.38. The van der Waals surface area contributed by atoms with Gasteiger partial charge in [-0.05, 0) is 150 Å². The third kappa shape index (κ3) is 5.41. The largest absolute Gasteiger partial charge is 0.349 e. The first-order chi connectivity index (χ1) is 20.2. The average Bonchev–Trinajstić information content (AvgIpc) is 3.84. The smallest absolute Gasteiger partial charge is 0.251 e. The normalized spacial score (nSPS) is 37.9. The van der Waals surface area contributed by atoms with Gasteiger partial charge in [0.2, 0.25) is 0 Å². The maximum Gasteiger partial charge on any atom is 0.251 e. The maximum absolute atomic E-state index is 13.6. The Kier molecular flexibility index (Phi) is 7.63. The fourth-order valence-electron chi connectivity index (χ4n) is 10.9. The average molecular weight is 574 g/mol. The number of hydrogen-bond donors (Lipinski definition) is 3. The van der Waals surface area contributed by atoms with Gasteiger partial charge in [-0.1, -0.05) is 19.3 Å². The van der Waals surface area contributed by atoms with Gasteiger partial charge in [-0.2, -0.15) is 0 Å². The minimum atomic E-state index is -0.184. The number of fused-ring (bicyclic) bond motifs is 6. The van der Waals surface area contributed by atoms with Crippen LogP contribution in [0.2, 0.25) is 0 Å². The van der Waals surface area contributed by atoms with Crippen molar-refractivity contribution in [3.8, 4) is 0 Å². The topological polar surface area (TPSA) is 87.3 Å². The van der Waals surface area contributed by atoms with E-state index >= 15 is 0 Å². The second-order valence-electron chi connectivity index (χ2n) is 15.6. The van der Waals surface area contributed by atoms with Gasteiger partial charge in [-0.3, -0.25) is 14.4 Å². The first-order valence-corrected chi connectivity index (χ1v) is 17.3. The molecule has 6 aliphatic rings. The van der Waals surface area contributed by atoms with E-state index in [2.05, 4.69) is 36.7 Å². The van der Waals surface area contributed by atoms with Crippen molar-refractivity contribution < 1.29 is 14.4 Å². The van der Waals surface area contributed by atoms with Crippen LogP contribution in [0.4, 0.5) is 0 Å². The van der Waals surface area contributed by atoms with E-state index in [1.54, 1.807) is 18.2 Å². The van der Waals surface area contributed by atoms with Crippen molar-refractivity contribution in [1.82, 2.24) is 16.0 Å². The summed E-state index contributed by atoms with van der Waals surface area (Å²) in [5.41, 5.74) is 1.22. The maximum atomic E-state index is 13.6. The fourth-order valence-corrected chi connectivity index (χ4v) is 10.9. The molecule has 0 aliphatic heterocycles. The van der Waals surface area contributed by atoms with E-state index in [9.17, 15) is 14.4 Å². The molecule has 6 bridgehead atoms. The molecule has 1 aromatic carbocycles. The Balaban J connectivity index is 1.08. The van der Waals surface area contributed by atoms with E-state index in [0.717, 1.165) is 17.8 Å². The Bertz CT molecular complexity index is 1070. The molecule has 6 nitrogen and oxygen atoms in total. The molecule has 7 rings (SSSR count). The number of rotatable bonds is 9. The molecule has 1 aromatic rings. The standard InChI is InChI=1S/C36H51N3O3/c1-19(31-13-22-4-7-25(31)10-22)37-34(40)28-16-29(35(41)38-20(2)32-14-23-5-8-26(32)11-23)18-30(17-28)36(42)39-21(3)33-15-24-6-9-27(33)12-24/h16-27,31-33H,4-15H2,1-3H3,(H,37,40)(H,38,41)(H,39,42)/t19-,20-,21+,22+,23+,24+,25+,26+,27+,31+,32+,33+/m1/s1. The van der Waals surface area contributed by atoms with Crippen molar-refractivity contribution in [3.63, 3.8) is 0 Å². The van der Waals surface area contributed by atoms with Gasteiger partial charge in [0.15, 0.2) is 0 Å². The Labute approximate surface area is 251 Å². The Hall–Kier alpha value is -2.37. The summed E-state index contributed by atoms with van der Waals surface area (Å²) in [6.07, 6.45) is 15.3. The lowest BCUT2D eigenvalue weighted by molar-refractivity contribution is 0.0914. The van der Waals surface area contributed by atoms with Crippen molar-refractivity contribution in [2.24, 2.45) is 53.3 Å². The van der Waals surface area contributed by atoms with Crippen LogP contribution < -0.4 is 16.0 Å². The highest BCUT2D eigenvalue weighted by Gasteiger charge is 2.44. The lowest BCUT2D eigenvalue weighted by Gasteiger charge is -2.29. The molecule has 228 valence electrons. The minimum absolute atomic E-state index is 0.0816. The molecule has 6 fully saturated rings. The zero-order chi connectivity index (χ0) is 29.1. The van der Waals surface area contributed by atoms with E-state index < -0.39 is 0 Å². The predicted octanol–water partition coefficient (Wildman–Crippen LogP) is 6.35. The molecular weight excluding hydrogens is 522 g/mol. The van der Waals surface area contributed by atoms with Crippen molar-refractivity contribution in [2.75, 3.05) is 0 Å². The van der Waals surface area contributed by atoms with Gasteiger partial charge in [0, 0.05) is 34.8 Å². The van der Waals surface area contributed by atoms with Crippen molar-refractivity contribution >= 4 is 17.7 Å². The minimum Gasteiger partial charge on any atom is -0.349 e. The van der Waals surface area contributed by atoms with Gasteiger partial charge >= 0.3 is 0 Å². The predicted molar refractivity (Wildman–Crippen MR) is 164 cm³/mol. The van der Waals surface area contributed by atoms with E-state index in [1.165, 1.54) is 77.0 Å². The van der Waals surface area contributed by atoms with Gasteiger partial charge in [0.05, 0.1) is 0 Å². The Morgan fingerprint density at radius 2 is 0.786 bits per heavy atom. The summed E-state index contributed by atoms with van der Waals surface area (Å²) in [4.78, 5) is 40.9. The Morgan fingerprint density at radius 3 is 1.00 bits per heavy atom. The number of amides is 3. The van der Waals surface area contributed by atoms with Crippen LogP contribution in [0.15, 0.2) is 18.2 Å². The third-order valence-electron chi connectivity index (χ3n) is 13.1. The van der Waals surface area contributed by atoms with Crippen LogP contribution in [0, 0.1) is 53.3 Å². The number of carbonyl (C=O) groups excluding carboxylic acids is 3. The lowest BCUT2D eigenvalue weighted by Crippen LogP contribution is -2.42. The first-order valence-electron chi connectivity index (χ1n) is 17.3.